The second-order valence-electron chi connectivity index (χ2n) is 5.45. The Hall–Kier alpha value is -2.07. The van der Waals surface area contributed by atoms with Gasteiger partial charge in [-0.2, -0.15) is 0 Å². The van der Waals surface area contributed by atoms with Crippen LogP contribution in [0.25, 0.3) is 0 Å². The summed E-state index contributed by atoms with van der Waals surface area (Å²) in [4.78, 5) is 18.7. The monoisotopic (exact) mass is 315 g/mol. The lowest BCUT2D eigenvalue weighted by molar-refractivity contribution is -0.120. The van der Waals surface area contributed by atoms with Crippen molar-refractivity contribution >= 4 is 29.0 Å². The highest BCUT2D eigenvalue weighted by Gasteiger charge is 2.25. The predicted octanol–water partition coefficient (Wildman–Crippen LogP) is 3.59. The molecule has 0 saturated carbocycles. The van der Waals surface area contributed by atoms with E-state index >= 15 is 0 Å². The molecule has 1 aliphatic heterocycles. The van der Waals surface area contributed by atoms with E-state index in [-0.39, 0.29) is 11.8 Å². The van der Waals surface area contributed by atoms with Gasteiger partial charge in [-0.05, 0) is 43.2 Å². The fourth-order valence-corrected chi connectivity index (χ4v) is 2.92. The number of rotatable bonds is 3. The van der Waals surface area contributed by atoms with Gasteiger partial charge in [0.1, 0.15) is 5.82 Å². The fraction of sp³-hybridized carbons (Fsp3) is 0.294. The molecule has 0 bridgehead atoms. The molecule has 2 aromatic rings. The SMILES string of the molecule is O=C(Nc1ccccn1)C1CCN(c2cccc(Cl)c2)CC1. The summed E-state index contributed by atoms with van der Waals surface area (Å²) >= 11 is 6.04. The average Bonchev–Trinajstić information content (AvgIpc) is 2.56. The zero-order valence-electron chi connectivity index (χ0n) is 12.2. The first-order chi connectivity index (χ1) is 10.7. The van der Waals surface area contributed by atoms with Crippen molar-refractivity contribution in [3.05, 3.63) is 53.7 Å². The lowest BCUT2D eigenvalue weighted by atomic mass is 9.95. The van der Waals surface area contributed by atoms with Crippen molar-refractivity contribution in [2.75, 3.05) is 23.3 Å². The molecule has 4 nitrogen and oxygen atoms in total. The minimum absolute atomic E-state index is 0.0393. The largest absolute Gasteiger partial charge is 0.371 e. The number of benzene rings is 1. The van der Waals surface area contributed by atoms with E-state index in [9.17, 15) is 4.79 Å². The number of hydrogen-bond donors (Lipinski definition) is 1. The van der Waals surface area contributed by atoms with E-state index in [4.69, 9.17) is 11.6 Å². The van der Waals surface area contributed by atoms with Crippen LogP contribution in [0.4, 0.5) is 11.5 Å². The molecule has 1 aliphatic rings. The zero-order valence-corrected chi connectivity index (χ0v) is 13.0. The maximum atomic E-state index is 12.3. The van der Waals surface area contributed by atoms with Gasteiger partial charge in [-0.1, -0.05) is 23.7 Å². The molecule has 1 saturated heterocycles. The smallest absolute Gasteiger partial charge is 0.228 e. The molecule has 3 rings (SSSR count). The molecule has 1 fully saturated rings. The molecule has 5 heteroatoms. The van der Waals surface area contributed by atoms with Crippen molar-refractivity contribution in [3.63, 3.8) is 0 Å². The van der Waals surface area contributed by atoms with Crippen LogP contribution in [0.1, 0.15) is 12.8 Å². The minimum atomic E-state index is 0.0393. The van der Waals surface area contributed by atoms with Crippen molar-refractivity contribution < 1.29 is 4.79 Å². The van der Waals surface area contributed by atoms with E-state index < -0.39 is 0 Å². The quantitative estimate of drug-likeness (QED) is 0.941. The number of carbonyl (C=O) groups is 1. The molecule has 0 aliphatic carbocycles. The predicted molar refractivity (Wildman–Crippen MR) is 89.3 cm³/mol. The van der Waals surface area contributed by atoms with Crippen LogP contribution in [-0.4, -0.2) is 24.0 Å². The van der Waals surface area contributed by atoms with Gasteiger partial charge in [-0.3, -0.25) is 4.79 Å². The van der Waals surface area contributed by atoms with Gasteiger partial charge in [0.25, 0.3) is 0 Å². The summed E-state index contributed by atoms with van der Waals surface area (Å²) in [6.45, 7) is 1.72. The minimum Gasteiger partial charge on any atom is -0.371 e. The third-order valence-electron chi connectivity index (χ3n) is 3.96. The standard InChI is InChI=1S/C17H18ClN3O/c18-14-4-3-5-15(12-14)21-10-7-13(8-11-21)17(22)20-16-6-1-2-9-19-16/h1-6,9,12-13H,7-8,10-11H2,(H,19,20,22). The molecule has 0 radical (unpaired) electrons. The third-order valence-corrected chi connectivity index (χ3v) is 4.19. The molecule has 1 aromatic heterocycles. The summed E-state index contributed by atoms with van der Waals surface area (Å²) in [7, 11) is 0. The second kappa shape index (κ2) is 6.79. The molecular formula is C17H18ClN3O. The van der Waals surface area contributed by atoms with Crippen LogP contribution in [0.2, 0.25) is 5.02 Å². The van der Waals surface area contributed by atoms with Crippen LogP contribution in [0.5, 0.6) is 0 Å². The molecule has 114 valence electrons. The van der Waals surface area contributed by atoms with E-state index in [1.54, 1.807) is 12.3 Å². The van der Waals surface area contributed by atoms with Crippen molar-refractivity contribution in [2.24, 2.45) is 5.92 Å². The number of nitrogens with zero attached hydrogens (tertiary/aromatic N) is 2. The summed E-state index contributed by atoms with van der Waals surface area (Å²) < 4.78 is 0. The van der Waals surface area contributed by atoms with Gasteiger partial charge in [0.05, 0.1) is 0 Å². The van der Waals surface area contributed by atoms with Crippen LogP contribution in [-0.2, 0) is 4.79 Å². The Kier molecular flexibility index (Phi) is 4.59. The Morgan fingerprint density at radius 1 is 1.18 bits per heavy atom. The molecule has 0 spiro atoms. The molecule has 0 unspecified atom stereocenters. The maximum absolute atomic E-state index is 12.3. The summed E-state index contributed by atoms with van der Waals surface area (Å²) in [6, 6.07) is 13.4. The Balaban J connectivity index is 1.56. The van der Waals surface area contributed by atoms with Crippen molar-refractivity contribution in [3.8, 4) is 0 Å². The lowest BCUT2D eigenvalue weighted by Crippen LogP contribution is -2.38. The summed E-state index contributed by atoms with van der Waals surface area (Å²) in [5.41, 5.74) is 1.12. The number of hydrogen-bond acceptors (Lipinski definition) is 3. The van der Waals surface area contributed by atoms with Crippen LogP contribution in [0.3, 0.4) is 0 Å². The van der Waals surface area contributed by atoms with E-state index in [2.05, 4.69) is 21.3 Å². The first-order valence-corrected chi connectivity index (χ1v) is 7.82. The van der Waals surface area contributed by atoms with Crippen LogP contribution < -0.4 is 10.2 Å². The molecule has 1 aromatic carbocycles. The van der Waals surface area contributed by atoms with Crippen molar-refractivity contribution in [1.29, 1.82) is 0 Å². The van der Waals surface area contributed by atoms with Gasteiger partial charge in [0.15, 0.2) is 0 Å². The first-order valence-electron chi connectivity index (χ1n) is 7.45. The summed E-state index contributed by atoms with van der Waals surface area (Å²) in [5, 5.41) is 3.63. The molecule has 2 heterocycles. The van der Waals surface area contributed by atoms with Crippen molar-refractivity contribution in [2.45, 2.75) is 12.8 Å². The van der Waals surface area contributed by atoms with Crippen LogP contribution in [0, 0.1) is 5.92 Å². The molecule has 1 amide bonds. The Morgan fingerprint density at radius 2 is 2.00 bits per heavy atom. The average molecular weight is 316 g/mol. The molecule has 1 N–H and O–H groups in total. The maximum Gasteiger partial charge on any atom is 0.228 e. The number of pyridine rings is 1. The summed E-state index contributed by atoms with van der Waals surface area (Å²) in [6.07, 6.45) is 3.35. The molecule has 0 atom stereocenters. The van der Waals surface area contributed by atoms with E-state index in [1.807, 2.05) is 30.3 Å². The van der Waals surface area contributed by atoms with Gasteiger partial charge in [-0.15, -0.1) is 0 Å². The number of halogens is 1. The van der Waals surface area contributed by atoms with E-state index in [1.165, 1.54) is 0 Å². The fourth-order valence-electron chi connectivity index (χ4n) is 2.74. The Labute approximate surface area is 135 Å². The summed E-state index contributed by atoms with van der Waals surface area (Å²) in [5.74, 6) is 0.714. The van der Waals surface area contributed by atoms with E-state index in [0.717, 1.165) is 36.6 Å². The van der Waals surface area contributed by atoms with Gasteiger partial charge < -0.3 is 10.2 Å². The number of nitrogens with one attached hydrogen (secondary N) is 1. The number of amides is 1. The molecular weight excluding hydrogens is 298 g/mol. The van der Waals surface area contributed by atoms with Crippen molar-refractivity contribution in [1.82, 2.24) is 4.98 Å². The normalized spacial score (nSPS) is 15.6. The van der Waals surface area contributed by atoms with Crippen LogP contribution >= 0.6 is 11.6 Å². The second-order valence-corrected chi connectivity index (χ2v) is 5.88. The number of anilines is 2. The number of piperidine rings is 1. The lowest BCUT2D eigenvalue weighted by Gasteiger charge is -2.33. The van der Waals surface area contributed by atoms with Gasteiger partial charge >= 0.3 is 0 Å². The Bertz CT molecular complexity index is 639. The zero-order chi connectivity index (χ0) is 15.4. The highest BCUT2D eigenvalue weighted by molar-refractivity contribution is 6.30. The topological polar surface area (TPSA) is 45.2 Å². The molecule has 22 heavy (non-hydrogen) atoms. The number of aromatic nitrogens is 1. The first kappa shape index (κ1) is 14.9. The van der Waals surface area contributed by atoms with Gasteiger partial charge in [0, 0.05) is 35.9 Å². The third kappa shape index (κ3) is 3.57. The van der Waals surface area contributed by atoms with Gasteiger partial charge in [0.2, 0.25) is 5.91 Å². The highest BCUT2D eigenvalue weighted by Crippen LogP contribution is 2.26. The van der Waals surface area contributed by atoms with Crippen LogP contribution in [0.15, 0.2) is 48.7 Å². The number of carbonyl (C=O) groups excluding carboxylic acids is 1. The Morgan fingerprint density at radius 3 is 2.68 bits per heavy atom. The van der Waals surface area contributed by atoms with Gasteiger partial charge in [-0.25, -0.2) is 4.98 Å². The van der Waals surface area contributed by atoms with E-state index in [0.29, 0.717) is 5.82 Å². The highest BCUT2D eigenvalue weighted by atomic mass is 35.5.